The minimum Gasteiger partial charge on any atom is -0.507 e. The van der Waals surface area contributed by atoms with Crippen LogP contribution in [-0.2, 0) is 16.0 Å². The molecule has 1 atom stereocenters. The summed E-state index contributed by atoms with van der Waals surface area (Å²) in [6.07, 6.45) is 2.79. The van der Waals surface area contributed by atoms with Gasteiger partial charge in [0, 0.05) is 29.1 Å². The smallest absolute Gasteiger partial charge is 0.407 e. The average Bonchev–Trinajstić information content (AvgIpc) is 3.26. The van der Waals surface area contributed by atoms with Crippen LogP contribution in [0.15, 0.2) is 72.0 Å². The molecular weight excluding hydrogens is 444 g/mol. The number of aromatic nitrogens is 1. The number of hydrogen-bond acceptors (Lipinski definition) is 5. The van der Waals surface area contributed by atoms with Crippen LogP contribution in [0.5, 0.6) is 5.75 Å². The number of alkyl carbamates (subject to hydrolysis) is 1. The molecule has 0 fully saturated rings. The summed E-state index contributed by atoms with van der Waals surface area (Å²) in [5.41, 5.74) is 4.79. The standard InChI is InChI=1S/C27H28N4O4/c1-17(2)16-35-27(34)30-24(13-19-14-28-23-10-6-5-9-21(19)23)26(33)31-29-15-22-20-8-4-3-7-18(20)11-12-25(22)32/h3-12,14-15,17,24,28,32H,13,16H2,1-2H3,(H,30,34)(H,31,33). The molecule has 0 saturated heterocycles. The van der Waals surface area contributed by atoms with Crippen molar-refractivity contribution in [1.29, 1.82) is 0 Å². The Balaban J connectivity index is 1.53. The maximum absolute atomic E-state index is 13.1. The molecule has 1 heterocycles. The lowest BCUT2D eigenvalue weighted by atomic mass is 10.0. The first-order valence-corrected chi connectivity index (χ1v) is 11.4. The molecule has 35 heavy (non-hydrogen) atoms. The Morgan fingerprint density at radius 1 is 1.06 bits per heavy atom. The van der Waals surface area contributed by atoms with E-state index in [0.29, 0.717) is 5.56 Å². The molecule has 1 unspecified atom stereocenters. The molecule has 2 amide bonds. The van der Waals surface area contributed by atoms with E-state index >= 15 is 0 Å². The zero-order valence-corrected chi connectivity index (χ0v) is 19.6. The fraction of sp³-hybridized carbons (Fsp3) is 0.222. The molecule has 4 N–H and O–H groups in total. The summed E-state index contributed by atoms with van der Waals surface area (Å²) < 4.78 is 5.22. The number of aromatic amines is 1. The number of fused-ring (bicyclic) bond motifs is 2. The minimum atomic E-state index is -0.924. The molecule has 4 aromatic rings. The van der Waals surface area contributed by atoms with Gasteiger partial charge in [-0.05, 0) is 34.4 Å². The van der Waals surface area contributed by atoms with Gasteiger partial charge in [-0.3, -0.25) is 4.79 Å². The van der Waals surface area contributed by atoms with E-state index in [0.717, 1.165) is 27.2 Å². The Hall–Kier alpha value is -4.33. The zero-order valence-electron chi connectivity index (χ0n) is 19.6. The van der Waals surface area contributed by atoms with Crippen LogP contribution in [0.1, 0.15) is 25.0 Å². The molecule has 0 saturated carbocycles. The molecule has 0 bridgehead atoms. The summed E-state index contributed by atoms with van der Waals surface area (Å²) in [7, 11) is 0. The fourth-order valence-electron chi connectivity index (χ4n) is 3.81. The normalized spacial score (nSPS) is 12.3. The number of hydrogen-bond donors (Lipinski definition) is 4. The van der Waals surface area contributed by atoms with Gasteiger partial charge in [0.2, 0.25) is 0 Å². The van der Waals surface area contributed by atoms with Crippen LogP contribution in [0, 0.1) is 5.92 Å². The van der Waals surface area contributed by atoms with E-state index in [-0.39, 0.29) is 24.7 Å². The average molecular weight is 473 g/mol. The summed E-state index contributed by atoms with van der Waals surface area (Å²) in [6.45, 7) is 4.10. The number of phenolic OH excluding ortho intramolecular Hbond substituents is 1. The van der Waals surface area contributed by atoms with Crippen molar-refractivity contribution in [3.63, 3.8) is 0 Å². The Bertz CT molecular complexity index is 1380. The van der Waals surface area contributed by atoms with Crippen LogP contribution in [0.2, 0.25) is 0 Å². The van der Waals surface area contributed by atoms with Crippen molar-refractivity contribution in [2.75, 3.05) is 6.61 Å². The van der Waals surface area contributed by atoms with Gasteiger partial charge in [0.1, 0.15) is 11.8 Å². The Labute approximate surface area is 203 Å². The Kier molecular flexibility index (Phi) is 7.30. The van der Waals surface area contributed by atoms with E-state index in [1.807, 2.05) is 74.6 Å². The van der Waals surface area contributed by atoms with E-state index in [1.165, 1.54) is 6.21 Å². The van der Waals surface area contributed by atoms with E-state index in [9.17, 15) is 14.7 Å². The highest BCUT2D eigenvalue weighted by Gasteiger charge is 2.23. The molecule has 180 valence electrons. The van der Waals surface area contributed by atoms with Gasteiger partial charge in [-0.2, -0.15) is 5.10 Å². The number of carbonyl (C=O) groups is 2. The van der Waals surface area contributed by atoms with Crippen molar-refractivity contribution in [3.05, 3.63) is 78.0 Å². The lowest BCUT2D eigenvalue weighted by Crippen LogP contribution is -2.47. The van der Waals surface area contributed by atoms with E-state index in [4.69, 9.17) is 4.74 Å². The first-order valence-electron chi connectivity index (χ1n) is 11.4. The van der Waals surface area contributed by atoms with Gasteiger partial charge in [0.25, 0.3) is 5.91 Å². The lowest BCUT2D eigenvalue weighted by molar-refractivity contribution is -0.123. The molecule has 0 aliphatic heterocycles. The van der Waals surface area contributed by atoms with E-state index in [1.54, 1.807) is 6.07 Å². The number of aromatic hydroxyl groups is 1. The third-order valence-electron chi connectivity index (χ3n) is 5.57. The second kappa shape index (κ2) is 10.7. The minimum absolute atomic E-state index is 0.0485. The fourth-order valence-corrected chi connectivity index (χ4v) is 3.81. The zero-order chi connectivity index (χ0) is 24.8. The lowest BCUT2D eigenvalue weighted by Gasteiger charge is -2.17. The van der Waals surface area contributed by atoms with Gasteiger partial charge < -0.3 is 20.1 Å². The molecule has 8 nitrogen and oxygen atoms in total. The first kappa shape index (κ1) is 23.8. The monoisotopic (exact) mass is 472 g/mol. The highest BCUT2D eigenvalue weighted by atomic mass is 16.5. The Morgan fingerprint density at radius 3 is 2.60 bits per heavy atom. The Morgan fingerprint density at radius 2 is 1.80 bits per heavy atom. The SMILES string of the molecule is CC(C)COC(=O)NC(Cc1c[nH]c2ccccc12)C(=O)NN=Cc1c(O)ccc2ccccc12. The topological polar surface area (TPSA) is 116 Å². The van der Waals surface area contributed by atoms with Crippen molar-refractivity contribution in [2.45, 2.75) is 26.3 Å². The molecular formula is C27H28N4O4. The molecule has 0 aliphatic carbocycles. The number of carbonyl (C=O) groups excluding carboxylic acids is 2. The first-order chi connectivity index (χ1) is 16.9. The summed E-state index contributed by atoms with van der Waals surface area (Å²) in [5.74, 6) is -0.292. The van der Waals surface area contributed by atoms with Crippen molar-refractivity contribution in [2.24, 2.45) is 11.0 Å². The van der Waals surface area contributed by atoms with Crippen molar-refractivity contribution in [3.8, 4) is 5.75 Å². The van der Waals surface area contributed by atoms with Gasteiger partial charge in [-0.1, -0.05) is 62.4 Å². The number of amides is 2. The van der Waals surface area contributed by atoms with Crippen molar-refractivity contribution < 1.29 is 19.4 Å². The van der Waals surface area contributed by atoms with Gasteiger partial charge >= 0.3 is 6.09 Å². The highest BCUT2D eigenvalue weighted by Crippen LogP contribution is 2.25. The van der Waals surface area contributed by atoms with Gasteiger partial charge in [0.05, 0.1) is 12.8 Å². The number of para-hydroxylation sites is 1. The second-order valence-corrected chi connectivity index (χ2v) is 8.71. The van der Waals surface area contributed by atoms with Crippen LogP contribution in [0.25, 0.3) is 21.7 Å². The molecule has 0 aliphatic rings. The number of H-pyrrole nitrogens is 1. The number of ether oxygens (including phenoxy) is 1. The maximum atomic E-state index is 13.1. The van der Waals surface area contributed by atoms with Crippen LogP contribution >= 0.6 is 0 Å². The molecule has 8 heteroatoms. The van der Waals surface area contributed by atoms with Crippen molar-refractivity contribution in [1.82, 2.24) is 15.7 Å². The summed E-state index contributed by atoms with van der Waals surface area (Å²) in [4.78, 5) is 28.6. The third kappa shape index (κ3) is 5.78. The van der Waals surface area contributed by atoms with Gasteiger partial charge in [-0.25, -0.2) is 10.2 Å². The summed E-state index contributed by atoms with van der Waals surface area (Å²) in [5, 5.41) is 19.7. The third-order valence-corrected chi connectivity index (χ3v) is 5.57. The van der Waals surface area contributed by atoms with E-state index < -0.39 is 18.0 Å². The van der Waals surface area contributed by atoms with Gasteiger partial charge in [0.15, 0.2) is 0 Å². The molecule has 0 radical (unpaired) electrons. The van der Waals surface area contributed by atoms with Gasteiger partial charge in [-0.15, -0.1) is 0 Å². The summed E-state index contributed by atoms with van der Waals surface area (Å²) >= 11 is 0. The van der Waals surface area contributed by atoms with Crippen LogP contribution in [0.4, 0.5) is 4.79 Å². The molecule has 3 aromatic carbocycles. The molecule has 0 spiro atoms. The number of nitrogens with one attached hydrogen (secondary N) is 3. The predicted octanol–water partition coefficient (Wildman–Crippen LogP) is 4.47. The van der Waals surface area contributed by atoms with E-state index in [2.05, 4.69) is 20.8 Å². The highest BCUT2D eigenvalue weighted by molar-refractivity contribution is 6.02. The number of rotatable bonds is 8. The van der Waals surface area contributed by atoms with Crippen molar-refractivity contribution >= 4 is 39.9 Å². The second-order valence-electron chi connectivity index (χ2n) is 8.71. The van der Waals surface area contributed by atoms with Crippen LogP contribution in [0.3, 0.4) is 0 Å². The summed E-state index contributed by atoms with van der Waals surface area (Å²) in [6, 6.07) is 17.8. The van der Waals surface area contributed by atoms with Crippen LogP contribution in [-0.4, -0.2) is 41.0 Å². The molecule has 4 rings (SSSR count). The number of hydrazone groups is 1. The number of benzene rings is 3. The number of nitrogens with zero attached hydrogens (tertiary/aromatic N) is 1. The quantitative estimate of drug-likeness (QED) is 0.224. The maximum Gasteiger partial charge on any atom is 0.407 e. The molecule has 1 aromatic heterocycles. The number of phenols is 1. The largest absolute Gasteiger partial charge is 0.507 e. The predicted molar refractivity (Wildman–Crippen MR) is 136 cm³/mol. The van der Waals surface area contributed by atoms with Crippen LogP contribution < -0.4 is 10.7 Å².